The van der Waals surface area contributed by atoms with Crippen LogP contribution in [-0.4, -0.2) is 4.57 Å². The van der Waals surface area contributed by atoms with E-state index in [0.717, 1.165) is 57.8 Å². The zero-order chi connectivity index (χ0) is 26.5. The Morgan fingerprint density at radius 3 is 2.33 bits per heavy atom. The van der Waals surface area contributed by atoms with Crippen LogP contribution in [0.3, 0.4) is 0 Å². The van der Waals surface area contributed by atoms with E-state index in [1.807, 2.05) is 18.2 Å². The van der Waals surface area contributed by atoms with E-state index in [0.29, 0.717) is 0 Å². The predicted octanol–water partition coefficient (Wildman–Crippen LogP) is 9.94. The number of para-hydroxylation sites is 2. The molecule has 8 rings (SSSR count). The maximum Gasteiger partial charge on any atom is 0.142 e. The number of allylic oxidation sites excluding steroid dienone is 1. The Morgan fingerprint density at radius 1 is 0.700 bits per heavy atom. The Balaban J connectivity index is 1.50. The highest BCUT2D eigenvalue weighted by Crippen LogP contribution is 2.47. The van der Waals surface area contributed by atoms with Crippen molar-refractivity contribution < 1.29 is 4.42 Å². The molecule has 2 heteroatoms. The molecule has 2 nitrogen and oxygen atoms in total. The van der Waals surface area contributed by atoms with Crippen LogP contribution in [0.4, 0.5) is 0 Å². The summed E-state index contributed by atoms with van der Waals surface area (Å²) in [5, 5.41) is 2.41. The molecule has 7 aromatic rings. The third kappa shape index (κ3) is 3.45. The van der Waals surface area contributed by atoms with Gasteiger partial charge in [-0.15, -0.1) is 0 Å². The lowest BCUT2D eigenvalue weighted by Gasteiger charge is -2.13. The average molecular weight is 512 g/mol. The van der Waals surface area contributed by atoms with Gasteiger partial charge in [0.1, 0.15) is 11.5 Å². The topological polar surface area (TPSA) is 18.1 Å². The summed E-state index contributed by atoms with van der Waals surface area (Å²) in [6, 6.07) is 46.9. The van der Waals surface area contributed by atoms with Crippen LogP contribution in [0.1, 0.15) is 17.5 Å². The molecule has 0 radical (unpaired) electrons. The molecule has 1 aliphatic carbocycles. The normalized spacial score (nSPS) is 12.5. The van der Waals surface area contributed by atoms with Crippen molar-refractivity contribution in [3.05, 3.63) is 145 Å². The number of furan rings is 1. The summed E-state index contributed by atoms with van der Waals surface area (Å²) in [7, 11) is 0. The Kier molecular flexibility index (Phi) is 5.21. The minimum atomic E-state index is 0.933. The number of nitrogens with zero attached hydrogens (tertiary/aromatic N) is 1. The average Bonchev–Trinajstić information content (AvgIpc) is 3.58. The first-order valence-electron chi connectivity index (χ1n) is 13.8. The second-order valence-electron chi connectivity index (χ2n) is 10.2. The molecule has 0 bridgehead atoms. The van der Waals surface area contributed by atoms with Gasteiger partial charge in [0.05, 0.1) is 11.0 Å². The Labute approximate surface area is 233 Å². The van der Waals surface area contributed by atoms with Gasteiger partial charge in [-0.1, -0.05) is 97.1 Å². The molecular formula is C38H25NO. The van der Waals surface area contributed by atoms with Crippen molar-refractivity contribution in [1.29, 1.82) is 0 Å². The van der Waals surface area contributed by atoms with Crippen LogP contribution in [-0.2, 0) is 6.42 Å². The first kappa shape index (κ1) is 22.7. The van der Waals surface area contributed by atoms with Crippen LogP contribution in [0.25, 0.3) is 67.3 Å². The van der Waals surface area contributed by atoms with Gasteiger partial charge in [-0.05, 0) is 55.3 Å². The molecule has 0 aliphatic heterocycles. The summed E-state index contributed by atoms with van der Waals surface area (Å²) in [5.74, 6) is 1.88. The van der Waals surface area contributed by atoms with E-state index >= 15 is 0 Å². The molecule has 0 unspecified atom stereocenters. The summed E-state index contributed by atoms with van der Waals surface area (Å²) < 4.78 is 9.23. The van der Waals surface area contributed by atoms with E-state index in [1.54, 1.807) is 0 Å². The monoisotopic (exact) mass is 511 g/mol. The highest BCUT2D eigenvalue weighted by Gasteiger charge is 2.27. The van der Waals surface area contributed by atoms with Crippen LogP contribution in [0, 0.1) is 12.1 Å². The van der Waals surface area contributed by atoms with Crippen LogP contribution in [0.5, 0.6) is 0 Å². The summed E-state index contributed by atoms with van der Waals surface area (Å²) in [5.41, 5.74) is 10.3. The van der Waals surface area contributed by atoms with Crippen LogP contribution < -0.4 is 0 Å². The van der Waals surface area contributed by atoms with Gasteiger partial charge in [0.2, 0.25) is 0 Å². The lowest BCUT2D eigenvalue weighted by atomic mass is 9.89. The minimum absolute atomic E-state index is 0.933. The molecule has 0 spiro atoms. The third-order valence-corrected chi connectivity index (χ3v) is 7.95. The second kappa shape index (κ2) is 9.19. The summed E-state index contributed by atoms with van der Waals surface area (Å²) in [6.07, 6.45) is 6.44. The molecule has 0 N–H and O–H groups in total. The van der Waals surface area contributed by atoms with E-state index in [9.17, 15) is 0 Å². The molecule has 0 saturated carbocycles. The van der Waals surface area contributed by atoms with Crippen LogP contribution >= 0.6 is 0 Å². The molecule has 0 amide bonds. The van der Waals surface area contributed by atoms with E-state index in [1.165, 1.54) is 27.4 Å². The van der Waals surface area contributed by atoms with Crippen molar-refractivity contribution >= 4 is 27.9 Å². The molecule has 2 heterocycles. The maximum atomic E-state index is 6.87. The number of rotatable bonds is 4. The Hall–Kier alpha value is -5.26. The fourth-order valence-electron chi connectivity index (χ4n) is 6.24. The highest BCUT2D eigenvalue weighted by molar-refractivity contribution is 6.18. The first-order chi connectivity index (χ1) is 19.9. The molecule has 40 heavy (non-hydrogen) atoms. The predicted molar refractivity (Wildman–Crippen MR) is 164 cm³/mol. The van der Waals surface area contributed by atoms with E-state index in [-0.39, 0.29) is 0 Å². The zero-order valence-electron chi connectivity index (χ0n) is 21.9. The van der Waals surface area contributed by atoms with Crippen molar-refractivity contribution in [3.63, 3.8) is 0 Å². The smallest absolute Gasteiger partial charge is 0.142 e. The van der Waals surface area contributed by atoms with Crippen molar-refractivity contribution in [2.45, 2.75) is 12.8 Å². The van der Waals surface area contributed by atoms with Crippen molar-refractivity contribution in [1.82, 2.24) is 4.57 Å². The lowest BCUT2D eigenvalue weighted by Crippen LogP contribution is -1.96. The van der Waals surface area contributed by atoms with Crippen molar-refractivity contribution in [3.8, 4) is 39.5 Å². The maximum absolute atomic E-state index is 6.87. The van der Waals surface area contributed by atoms with E-state index in [2.05, 4.69) is 126 Å². The molecule has 0 atom stereocenters. The van der Waals surface area contributed by atoms with Gasteiger partial charge in [-0.2, -0.15) is 0 Å². The minimum Gasteiger partial charge on any atom is -0.455 e. The highest BCUT2D eigenvalue weighted by atomic mass is 16.3. The quantitative estimate of drug-likeness (QED) is 0.230. The van der Waals surface area contributed by atoms with Crippen LogP contribution in [0.2, 0.25) is 0 Å². The van der Waals surface area contributed by atoms with Gasteiger partial charge < -0.3 is 8.98 Å². The van der Waals surface area contributed by atoms with E-state index in [4.69, 9.17) is 4.42 Å². The van der Waals surface area contributed by atoms with Gasteiger partial charge in [-0.25, -0.2) is 0 Å². The molecule has 5 aromatic carbocycles. The van der Waals surface area contributed by atoms with Gasteiger partial charge in [0.25, 0.3) is 0 Å². The van der Waals surface area contributed by atoms with Gasteiger partial charge in [0.15, 0.2) is 0 Å². The lowest BCUT2D eigenvalue weighted by molar-refractivity contribution is 0.594. The number of hydrogen-bond donors (Lipinski definition) is 0. The van der Waals surface area contributed by atoms with Gasteiger partial charge in [0, 0.05) is 49.8 Å². The van der Waals surface area contributed by atoms with Crippen LogP contribution in [0.15, 0.2) is 126 Å². The SMILES string of the molecule is c1cccc(-c2c(-c3oc(-c4ccccc4)c4c3CCC=C4)ccc3c2c2ccccc2n3-c2ccccc2)c#1. The molecule has 1 aliphatic rings. The van der Waals surface area contributed by atoms with Crippen molar-refractivity contribution in [2.24, 2.45) is 0 Å². The largest absolute Gasteiger partial charge is 0.455 e. The Bertz CT molecular complexity index is 2030. The van der Waals surface area contributed by atoms with Gasteiger partial charge in [-0.3, -0.25) is 0 Å². The number of aromatic nitrogens is 1. The summed E-state index contributed by atoms with van der Waals surface area (Å²) in [6.45, 7) is 0. The molecule has 2 aromatic heterocycles. The molecular weight excluding hydrogens is 486 g/mol. The standard InChI is InChI=1S/C38H25NO/c1-4-14-26(15-5-1)35-32(38-30-21-11-10-20-29(30)37(40-38)27-16-6-2-7-17-27)24-25-34-36(35)31-22-12-13-23-33(31)39(34)28-18-8-3-9-19-28/h1-4,6-10,12-14,16-20,22-25H,11,21H2. The van der Waals surface area contributed by atoms with Gasteiger partial charge >= 0.3 is 0 Å². The third-order valence-electron chi connectivity index (χ3n) is 7.95. The zero-order valence-corrected chi connectivity index (χ0v) is 21.9. The van der Waals surface area contributed by atoms with E-state index < -0.39 is 0 Å². The first-order valence-corrected chi connectivity index (χ1v) is 13.8. The fraction of sp³-hybridized carbons (Fsp3) is 0.0526. The summed E-state index contributed by atoms with van der Waals surface area (Å²) >= 11 is 0. The number of fused-ring (bicyclic) bond motifs is 4. The summed E-state index contributed by atoms with van der Waals surface area (Å²) in [4.78, 5) is 0. The molecule has 0 fully saturated rings. The number of benzene rings is 4. The fourth-order valence-corrected chi connectivity index (χ4v) is 6.24. The Morgan fingerprint density at radius 2 is 1.50 bits per heavy atom. The molecule has 0 saturated heterocycles. The molecule has 188 valence electrons. The second-order valence-corrected chi connectivity index (χ2v) is 10.2. The van der Waals surface area contributed by atoms with Crippen molar-refractivity contribution in [2.75, 3.05) is 0 Å². The number of hydrogen-bond acceptors (Lipinski definition) is 1.